The molecule has 10 heteroatoms. The first-order chi connectivity index (χ1) is 23.3. The van der Waals surface area contributed by atoms with E-state index < -0.39 is 0 Å². The lowest BCUT2D eigenvalue weighted by atomic mass is 9.89. The number of hydrogen-bond donors (Lipinski definition) is 1. The predicted octanol–water partition coefficient (Wildman–Crippen LogP) is 7.55. The first kappa shape index (κ1) is 30.5. The molecule has 9 nitrogen and oxygen atoms in total. The van der Waals surface area contributed by atoms with Crippen molar-refractivity contribution in [3.8, 4) is 11.1 Å². The topological polar surface area (TPSA) is 92.1 Å². The van der Waals surface area contributed by atoms with Crippen LogP contribution in [0.5, 0.6) is 0 Å². The largest absolute Gasteiger partial charge is 0.378 e. The lowest BCUT2D eigenvalue weighted by molar-refractivity contribution is -0.117. The standard InChI is InChI=1S/C38H35BrN6O3/c1-22-8-9-27-20-26(11-15-32(27)45(22)24(3)46)29-13-14-31(30-12-10-25-6-4-5-7-28(25)34(29)30)40-38(47)35-23(2)44-21-33(39)41-36(37(44)42-35)43-16-18-48-19-17-43/h4-7,10-15,20-22H,8-9,16-19H2,1-3H3,(H,40,47)/t22-/m0/s1. The summed E-state index contributed by atoms with van der Waals surface area (Å²) in [5, 5.41) is 7.44. The average molecular weight is 704 g/mol. The first-order valence-corrected chi connectivity index (χ1v) is 17.1. The van der Waals surface area contributed by atoms with E-state index >= 15 is 0 Å². The van der Waals surface area contributed by atoms with Crippen LogP contribution in [0.1, 0.15) is 42.0 Å². The predicted molar refractivity (Wildman–Crippen MR) is 194 cm³/mol. The zero-order valence-corrected chi connectivity index (χ0v) is 28.7. The molecule has 1 saturated heterocycles. The molecule has 0 saturated carbocycles. The van der Waals surface area contributed by atoms with Crippen LogP contribution in [0.15, 0.2) is 77.5 Å². The third-order valence-electron chi connectivity index (χ3n) is 9.74. The summed E-state index contributed by atoms with van der Waals surface area (Å²) in [5.41, 5.74) is 6.75. The molecule has 0 radical (unpaired) electrons. The number of halogens is 1. The van der Waals surface area contributed by atoms with Crippen molar-refractivity contribution < 1.29 is 14.3 Å². The molecule has 0 bridgehead atoms. The molecule has 1 atom stereocenters. The highest BCUT2D eigenvalue weighted by Crippen LogP contribution is 2.41. The first-order valence-electron chi connectivity index (χ1n) is 16.4. The highest BCUT2D eigenvalue weighted by molar-refractivity contribution is 9.10. The Balaban J connectivity index is 1.22. The number of amides is 2. The number of anilines is 3. The molecule has 2 aromatic heterocycles. The van der Waals surface area contributed by atoms with Crippen LogP contribution in [0, 0.1) is 6.92 Å². The monoisotopic (exact) mass is 702 g/mol. The summed E-state index contributed by atoms with van der Waals surface area (Å²) < 4.78 is 8.15. The lowest BCUT2D eigenvalue weighted by Crippen LogP contribution is -2.40. The lowest BCUT2D eigenvalue weighted by Gasteiger charge is -2.35. The van der Waals surface area contributed by atoms with Gasteiger partial charge < -0.3 is 19.9 Å². The smallest absolute Gasteiger partial charge is 0.276 e. The number of morpholine rings is 1. The number of nitrogens with one attached hydrogen (secondary N) is 1. The summed E-state index contributed by atoms with van der Waals surface area (Å²) in [5.74, 6) is 0.506. The molecule has 242 valence electrons. The number of ether oxygens (including phenoxy) is 1. The van der Waals surface area contributed by atoms with Crippen LogP contribution in [0.2, 0.25) is 0 Å². The zero-order chi connectivity index (χ0) is 33.1. The summed E-state index contributed by atoms with van der Waals surface area (Å²) >= 11 is 3.55. The van der Waals surface area contributed by atoms with Gasteiger partial charge in [-0.25, -0.2) is 9.97 Å². The van der Waals surface area contributed by atoms with Gasteiger partial charge in [0.1, 0.15) is 4.60 Å². The maximum atomic E-state index is 14.0. The SMILES string of the molecule is CC(=O)N1c2ccc(-c3ccc(NC(=O)c4nc5c(N6CCOCC6)nc(Br)cn5c4C)c4ccc5ccccc5c34)cc2CC[C@@H]1C. The summed E-state index contributed by atoms with van der Waals surface area (Å²) in [6, 6.07) is 23.2. The molecule has 2 aliphatic rings. The molecule has 2 amide bonds. The second-order valence-corrected chi connectivity index (χ2v) is 13.5. The number of carbonyl (C=O) groups excluding carboxylic acids is 2. The van der Waals surface area contributed by atoms with Crippen molar-refractivity contribution in [2.45, 2.75) is 39.7 Å². The van der Waals surface area contributed by atoms with Crippen molar-refractivity contribution in [3.05, 3.63) is 94.5 Å². The summed E-state index contributed by atoms with van der Waals surface area (Å²) in [7, 11) is 0. The third kappa shape index (κ3) is 5.11. The van der Waals surface area contributed by atoms with E-state index in [9.17, 15) is 9.59 Å². The van der Waals surface area contributed by atoms with E-state index in [1.165, 1.54) is 5.56 Å². The second-order valence-electron chi connectivity index (χ2n) is 12.7. The van der Waals surface area contributed by atoms with Crippen molar-refractivity contribution >= 4 is 72.1 Å². The number of benzene rings is 4. The molecule has 48 heavy (non-hydrogen) atoms. The van der Waals surface area contributed by atoms with Gasteiger partial charge in [0.2, 0.25) is 5.91 Å². The summed E-state index contributed by atoms with van der Waals surface area (Å²) in [6.07, 6.45) is 3.69. The minimum Gasteiger partial charge on any atom is -0.378 e. The highest BCUT2D eigenvalue weighted by Gasteiger charge is 2.27. The Labute approximate surface area is 286 Å². The number of imidazole rings is 1. The molecule has 0 unspecified atom stereocenters. The molecular formula is C38H35BrN6O3. The Morgan fingerprint density at radius 1 is 0.979 bits per heavy atom. The number of nitrogens with zero attached hydrogens (tertiary/aromatic N) is 5. The van der Waals surface area contributed by atoms with Gasteiger partial charge in [0.15, 0.2) is 17.2 Å². The molecule has 1 N–H and O–H groups in total. The minimum absolute atomic E-state index is 0.0646. The van der Waals surface area contributed by atoms with E-state index in [2.05, 4.69) is 81.6 Å². The van der Waals surface area contributed by atoms with E-state index in [-0.39, 0.29) is 17.9 Å². The maximum Gasteiger partial charge on any atom is 0.276 e. The molecular weight excluding hydrogens is 668 g/mol. The number of carbonyl (C=O) groups is 2. The van der Waals surface area contributed by atoms with Crippen LogP contribution >= 0.6 is 15.9 Å². The Hall–Kier alpha value is -4.80. The fraction of sp³-hybridized carbons (Fsp3) is 0.263. The van der Waals surface area contributed by atoms with Crippen LogP contribution in [0.25, 0.3) is 38.3 Å². The highest BCUT2D eigenvalue weighted by atomic mass is 79.9. The Bertz CT molecular complexity index is 2280. The van der Waals surface area contributed by atoms with Gasteiger partial charge in [0.05, 0.1) is 18.9 Å². The van der Waals surface area contributed by atoms with Crippen molar-refractivity contribution in [2.75, 3.05) is 41.4 Å². The van der Waals surface area contributed by atoms with Gasteiger partial charge in [-0.1, -0.05) is 48.5 Å². The summed E-state index contributed by atoms with van der Waals surface area (Å²) in [4.78, 5) is 40.2. The van der Waals surface area contributed by atoms with E-state index in [1.54, 1.807) is 6.92 Å². The average Bonchev–Trinajstić information content (AvgIpc) is 3.43. The number of aromatic nitrogens is 3. The fourth-order valence-electron chi connectivity index (χ4n) is 7.37. The molecule has 4 aromatic carbocycles. The number of hydrogen-bond acceptors (Lipinski definition) is 6. The van der Waals surface area contributed by atoms with Crippen molar-refractivity contribution in [2.24, 2.45) is 0 Å². The van der Waals surface area contributed by atoms with Crippen LogP contribution in [-0.4, -0.2) is 58.5 Å². The van der Waals surface area contributed by atoms with E-state index in [0.717, 1.165) is 62.7 Å². The van der Waals surface area contributed by atoms with E-state index in [0.29, 0.717) is 47.9 Å². The Morgan fingerprint density at radius 3 is 2.60 bits per heavy atom. The second kappa shape index (κ2) is 12.0. The Morgan fingerprint density at radius 2 is 1.79 bits per heavy atom. The third-order valence-corrected chi connectivity index (χ3v) is 10.1. The minimum atomic E-state index is -0.283. The van der Waals surface area contributed by atoms with Crippen molar-refractivity contribution in [3.63, 3.8) is 0 Å². The van der Waals surface area contributed by atoms with Crippen LogP contribution in [-0.2, 0) is 16.0 Å². The molecule has 1 fully saturated rings. The van der Waals surface area contributed by atoms with Gasteiger partial charge in [-0.05, 0) is 93.7 Å². The normalized spacial score (nSPS) is 16.5. The molecule has 6 aromatic rings. The van der Waals surface area contributed by atoms with E-state index in [4.69, 9.17) is 14.7 Å². The molecule has 0 spiro atoms. The van der Waals surface area contributed by atoms with Crippen LogP contribution < -0.4 is 15.1 Å². The quantitative estimate of drug-likeness (QED) is 0.191. The van der Waals surface area contributed by atoms with Crippen molar-refractivity contribution in [1.82, 2.24) is 14.4 Å². The molecule has 2 aliphatic heterocycles. The van der Waals surface area contributed by atoms with Crippen LogP contribution in [0.4, 0.5) is 17.2 Å². The molecule has 8 rings (SSSR count). The van der Waals surface area contributed by atoms with Gasteiger partial charge in [-0.15, -0.1) is 0 Å². The maximum absolute atomic E-state index is 14.0. The van der Waals surface area contributed by atoms with Gasteiger partial charge >= 0.3 is 0 Å². The fourth-order valence-corrected chi connectivity index (χ4v) is 7.75. The van der Waals surface area contributed by atoms with E-state index in [1.807, 2.05) is 40.6 Å². The zero-order valence-electron chi connectivity index (χ0n) is 27.1. The molecule has 0 aliphatic carbocycles. The van der Waals surface area contributed by atoms with Crippen LogP contribution in [0.3, 0.4) is 0 Å². The van der Waals surface area contributed by atoms with Gasteiger partial charge in [-0.2, -0.15) is 0 Å². The number of fused-ring (bicyclic) bond motifs is 5. The summed E-state index contributed by atoms with van der Waals surface area (Å²) in [6.45, 7) is 8.30. The van der Waals surface area contributed by atoms with Crippen molar-refractivity contribution in [1.29, 1.82) is 0 Å². The number of rotatable bonds is 4. The number of aryl methyl sites for hydroxylation is 2. The van der Waals surface area contributed by atoms with Gasteiger partial charge in [0.25, 0.3) is 5.91 Å². The Kier molecular flexibility index (Phi) is 7.64. The molecule has 4 heterocycles. The van der Waals surface area contributed by atoms with Gasteiger partial charge in [0, 0.05) is 49.0 Å². The van der Waals surface area contributed by atoms with Gasteiger partial charge in [-0.3, -0.25) is 14.0 Å².